The van der Waals surface area contributed by atoms with E-state index in [1.54, 1.807) is 0 Å². The van der Waals surface area contributed by atoms with Crippen molar-refractivity contribution in [2.45, 2.75) is 18.6 Å². The molecule has 5 nitrogen and oxygen atoms in total. The van der Waals surface area contributed by atoms with Crippen LogP contribution in [0.4, 0.5) is 13.2 Å². The van der Waals surface area contributed by atoms with Gasteiger partial charge < -0.3 is 16.2 Å². The van der Waals surface area contributed by atoms with Gasteiger partial charge in [0.1, 0.15) is 6.61 Å². The second kappa shape index (κ2) is 4.80. The molecule has 0 aliphatic carbocycles. The lowest BCUT2D eigenvalue weighted by Crippen LogP contribution is -2.35. The van der Waals surface area contributed by atoms with E-state index in [9.17, 15) is 22.8 Å². The second-order valence-corrected chi connectivity index (χ2v) is 2.53. The molecule has 0 rings (SSSR count). The van der Waals surface area contributed by atoms with Gasteiger partial charge in [-0.2, -0.15) is 13.2 Å². The van der Waals surface area contributed by atoms with Crippen LogP contribution in [0.5, 0.6) is 0 Å². The maximum Gasteiger partial charge on any atom is 0.490 e. The molecule has 8 heteroatoms. The number of hydrogen-bond donors (Lipinski definition) is 2. The third-order valence-corrected chi connectivity index (χ3v) is 1.12. The van der Waals surface area contributed by atoms with Gasteiger partial charge in [0.2, 0.25) is 5.91 Å². The largest absolute Gasteiger partial charge is 0.490 e. The Morgan fingerprint density at radius 3 is 2.21 bits per heavy atom. The first-order chi connectivity index (χ1) is 6.23. The van der Waals surface area contributed by atoms with Crippen molar-refractivity contribution in [3.8, 4) is 0 Å². The number of alkyl halides is 3. The lowest BCUT2D eigenvalue weighted by molar-refractivity contribution is -0.200. The van der Waals surface area contributed by atoms with E-state index in [1.807, 2.05) is 0 Å². The van der Waals surface area contributed by atoms with Crippen LogP contribution in [0, 0.1) is 0 Å². The summed E-state index contributed by atoms with van der Waals surface area (Å²) >= 11 is 0. The van der Waals surface area contributed by atoms with Crippen molar-refractivity contribution >= 4 is 11.9 Å². The molecule has 0 spiro atoms. The third kappa shape index (κ3) is 5.36. The summed E-state index contributed by atoms with van der Waals surface area (Å²) in [5.41, 5.74) is 9.82. The molecule has 0 aromatic heterocycles. The summed E-state index contributed by atoms with van der Waals surface area (Å²) < 4.78 is 38.4. The molecule has 0 radical (unpaired) electrons. The first kappa shape index (κ1) is 12.7. The average Bonchev–Trinajstić information content (AvgIpc) is 1.96. The van der Waals surface area contributed by atoms with Gasteiger partial charge in [0.15, 0.2) is 0 Å². The van der Waals surface area contributed by atoms with Crippen LogP contribution in [0.2, 0.25) is 0 Å². The van der Waals surface area contributed by atoms with Crippen molar-refractivity contribution in [2.24, 2.45) is 11.5 Å². The van der Waals surface area contributed by atoms with E-state index in [4.69, 9.17) is 11.5 Å². The number of amides is 1. The van der Waals surface area contributed by atoms with E-state index in [2.05, 4.69) is 4.74 Å². The number of rotatable bonds is 4. The Bertz CT molecular complexity index is 229. The molecule has 0 fully saturated rings. The van der Waals surface area contributed by atoms with Crippen molar-refractivity contribution in [3.05, 3.63) is 0 Å². The number of esters is 1. The first-order valence-electron chi connectivity index (χ1n) is 3.51. The zero-order valence-electron chi connectivity index (χ0n) is 7.00. The monoisotopic (exact) mass is 214 g/mol. The van der Waals surface area contributed by atoms with Gasteiger partial charge in [-0.3, -0.25) is 4.79 Å². The normalized spacial score (nSPS) is 13.4. The van der Waals surface area contributed by atoms with Crippen LogP contribution in [0.25, 0.3) is 0 Å². The van der Waals surface area contributed by atoms with Gasteiger partial charge in [-0.15, -0.1) is 0 Å². The van der Waals surface area contributed by atoms with Gasteiger partial charge in [0.05, 0.1) is 0 Å². The number of nitrogens with two attached hydrogens (primary N) is 2. The molecule has 4 N–H and O–H groups in total. The Kier molecular flexibility index (Phi) is 4.35. The summed E-state index contributed by atoms with van der Waals surface area (Å²) in [4.78, 5) is 20.4. The molecule has 0 bridgehead atoms. The van der Waals surface area contributed by atoms with Gasteiger partial charge in [-0.25, -0.2) is 4.79 Å². The molecule has 0 saturated carbocycles. The molecule has 1 unspecified atom stereocenters. The van der Waals surface area contributed by atoms with Crippen molar-refractivity contribution in [2.75, 3.05) is 6.61 Å². The summed E-state index contributed by atoms with van der Waals surface area (Å²) in [6.45, 7) is -0.693. The number of hydrogen-bond acceptors (Lipinski definition) is 4. The van der Waals surface area contributed by atoms with Gasteiger partial charge in [0, 0.05) is 12.5 Å². The molecule has 0 heterocycles. The quantitative estimate of drug-likeness (QED) is 0.604. The fraction of sp³-hybridized carbons (Fsp3) is 0.667. The van der Waals surface area contributed by atoms with E-state index in [1.165, 1.54) is 0 Å². The van der Waals surface area contributed by atoms with Crippen LogP contribution in [-0.2, 0) is 14.3 Å². The molecular weight excluding hydrogens is 205 g/mol. The maximum absolute atomic E-state index is 11.6. The molecule has 0 saturated heterocycles. The molecule has 0 aromatic rings. The van der Waals surface area contributed by atoms with Crippen LogP contribution in [0.3, 0.4) is 0 Å². The SMILES string of the molecule is NC(=O)CC(N)COC(=O)C(F)(F)F. The second-order valence-electron chi connectivity index (χ2n) is 2.53. The van der Waals surface area contributed by atoms with Crippen LogP contribution >= 0.6 is 0 Å². The summed E-state index contributed by atoms with van der Waals surface area (Å²) in [6, 6.07) is -1.01. The Labute approximate surface area is 77.2 Å². The lowest BCUT2D eigenvalue weighted by atomic mass is 10.2. The third-order valence-electron chi connectivity index (χ3n) is 1.12. The molecule has 1 atom stereocenters. The van der Waals surface area contributed by atoms with Gasteiger partial charge in [-0.05, 0) is 0 Å². The fourth-order valence-electron chi connectivity index (χ4n) is 0.582. The van der Waals surface area contributed by atoms with Crippen LogP contribution in [0.1, 0.15) is 6.42 Å². The highest BCUT2D eigenvalue weighted by Crippen LogP contribution is 2.16. The van der Waals surface area contributed by atoms with E-state index < -0.39 is 30.7 Å². The molecule has 1 amide bonds. The number of primary amides is 1. The smallest absolute Gasteiger partial charge is 0.457 e. The van der Waals surface area contributed by atoms with Gasteiger partial charge in [-0.1, -0.05) is 0 Å². The highest BCUT2D eigenvalue weighted by molar-refractivity contribution is 5.76. The van der Waals surface area contributed by atoms with Crippen molar-refractivity contribution in [3.63, 3.8) is 0 Å². The van der Waals surface area contributed by atoms with Crippen LogP contribution in [0.15, 0.2) is 0 Å². The van der Waals surface area contributed by atoms with E-state index in [0.717, 1.165) is 0 Å². The van der Waals surface area contributed by atoms with Crippen molar-refractivity contribution < 1.29 is 27.5 Å². The van der Waals surface area contributed by atoms with Gasteiger partial charge in [0.25, 0.3) is 0 Å². The number of carbonyl (C=O) groups excluding carboxylic acids is 2. The highest BCUT2D eigenvalue weighted by Gasteiger charge is 2.41. The minimum atomic E-state index is -5.05. The van der Waals surface area contributed by atoms with Gasteiger partial charge >= 0.3 is 12.1 Å². The minimum absolute atomic E-state index is 0.342. The highest BCUT2D eigenvalue weighted by atomic mass is 19.4. The Hall–Kier alpha value is -1.31. The Balaban J connectivity index is 3.84. The summed E-state index contributed by atoms with van der Waals surface area (Å²) in [7, 11) is 0. The summed E-state index contributed by atoms with van der Waals surface area (Å²) in [6.07, 6.45) is -5.39. The summed E-state index contributed by atoms with van der Waals surface area (Å²) in [5, 5.41) is 0. The topological polar surface area (TPSA) is 95.4 Å². The number of halogens is 3. The van der Waals surface area contributed by atoms with E-state index in [0.29, 0.717) is 0 Å². The average molecular weight is 214 g/mol. The van der Waals surface area contributed by atoms with Crippen molar-refractivity contribution in [1.29, 1.82) is 0 Å². The van der Waals surface area contributed by atoms with E-state index in [-0.39, 0.29) is 6.42 Å². The predicted molar refractivity (Wildman–Crippen MR) is 38.8 cm³/mol. The Morgan fingerprint density at radius 1 is 1.36 bits per heavy atom. The Morgan fingerprint density at radius 2 is 1.86 bits per heavy atom. The molecule has 0 aromatic carbocycles. The molecule has 14 heavy (non-hydrogen) atoms. The number of ether oxygens (including phenoxy) is 1. The minimum Gasteiger partial charge on any atom is -0.457 e. The zero-order valence-corrected chi connectivity index (χ0v) is 7.00. The molecule has 0 aliphatic rings. The summed E-state index contributed by atoms with van der Waals surface area (Å²) in [5.74, 6) is -3.11. The lowest BCUT2D eigenvalue weighted by Gasteiger charge is -2.11. The van der Waals surface area contributed by atoms with Crippen molar-refractivity contribution in [1.82, 2.24) is 0 Å². The molecule has 82 valence electrons. The first-order valence-corrected chi connectivity index (χ1v) is 3.51. The van der Waals surface area contributed by atoms with Crippen LogP contribution in [-0.4, -0.2) is 30.7 Å². The predicted octanol–water partition coefficient (Wildman–Crippen LogP) is -0.705. The van der Waals surface area contributed by atoms with Crippen LogP contribution < -0.4 is 11.5 Å². The van der Waals surface area contributed by atoms with E-state index >= 15 is 0 Å². The number of carbonyl (C=O) groups is 2. The molecule has 0 aliphatic heterocycles. The fourth-order valence-corrected chi connectivity index (χ4v) is 0.582. The maximum atomic E-state index is 11.6. The zero-order chi connectivity index (χ0) is 11.4. The molecular formula is C6H9F3N2O3. The standard InChI is InChI=1S/C6H9F3N2O3/c7-6(8,9)5(13)14-2-3(10)1-4(11)12/h3H,1-2,10H2,(H2,11,12).